The molecule has 1 heterocycles. The Bertz CT molecular complexity index is 594. The topological polar surface area (TPSA) is 92.3 Å². The second-order valence-electron chi connectivity index (χ2n) is 3.87. The van der Waals surface area contributed by atoms with Crippen LogP contribution < -0.4 is 10.5 Å². The summed E-state index contributed by atoms with van der Waals surface area (Å²) in [5.74, 6) is 0.130. The van der Waals surface area contributed by atoms with Crippen LogP contribution in [0.2, 0.25) is 0 Å². The summed E-state index contributed by atoms with van der Waals surface area (Å²) in [6.45, 7) is 0.436. The lowest BCUT2D eigenvalue weighted by Crippen LogP contribution is -2.06. The quantitative estimate of drug-likeness (QED) is 0.644. The van der Waals surface area contributed by atoms with Crippen molar-refractivity contribution in [3.8, 4) is 5.75 Å². The molecule has 0 amide bonds. The van der Waals surface area contributed by atoms with E-state index in [4.69, 9.17) is 10.5 Å². The second-order valence-corrected chi connectivity index (χ2v) is 3.87. The predicted octanol–water partition coefficient (Wildman–Crippen LogP) is 0.704. The van der Waals surface area contributed by atoms with Gasteiger partial charge in [0.2, 0.25) is 0 Å². The number of methoxy groups -OCH3 is 2. The van der Waals surface area contributed by atoms with Crippen LogP contribution in [0, 0.1) is 0 Å². The van der Waals surface area contributed by atoms with Crippen LogP contribution in [0.3, 0.4) is 0 Å². The van der Waals surface area contributed by atoms with Gasteiger partial charge in [0.15, 0.2) is 0 Å². The minimum atomic E-state index is -0.566. The van der Waals surface area contributed by atoms with Crippen LogP contribution in [0.15, 0.2) is 24.5 Å². The molecule has 2 aromatic rings. The second kappa shape index (κ2) is 5.38. The molecule has 0 aliphatic rings. The smallest absolute Gasteiger partial charge is 0.377 e. The highest BCUT2D eigenvalue weighted by Crippen LogP contribution is 2.19. The number of hydrogen-bond acceptors (Lipinski definition) is 6. The van der Waals surface area contributed by atoms with E-state index in [1.54, 1.807) is 13.2 Å². The van der Waals surface area contributed by atoms with Gasteiger partial charge in [-0.25, -0.2) is 14.5 Å². The van der Waals surface area contributed by atoms with E-state index in [0.717, 1.165) is 5.56 Å². The Morgan fingerprint density at radius 3 is 2.84 bits per heavy atom. The summed E-state index contributed by atoms with van der Waals surface area (Å²) < 4.78 is 11.2. The van der Waals surface area contributed by atoms with Crippen LogP contribution in [0.1, 0.15) is 16.2 Å². The van der Waals surface area contributed by atoms with Crippen molar-refractivity contribution in [3.63, 3.8) is 0 Å². The van der Waals surface area contributed by atoms with Crippen molar-refractivity contribution in [1.29, 1.82) is 0 Å². The maximum Gasteiger partial charge on any atom is 0.377 e. The fourth-order valence-electron chi connectivity index (χ4n) is 1.64. The number of ether oxygens (including phenoxy) is 2. The normalized spacial score (nSPS) is 10.2. The molecule has 19 heavy (non-hydrogen) atoms. The molecular formula is C12H14N4O3. The van der Waals surface area contributed by atoms with Gasteiger partial charge in [0.1, 0.15) is 12.1 Å². The van der Waals surface area contributed by atoms with Crippen molar-refractivity contribution in [3.05, 3.63) is 35.9 Å². The third-order valence-electron chi connectivity index (χ3n) is 2.47. The number of esters is 1. The first kappa shape index (κ1) is 12.9. The van der Waals surface area contributed by atoms with Crippen molar-refractivity contribution in [1.82, 2.24) is 14.8 Å². The molecule has 1 aromatic carbocycles. The van der Waals surface area contributed by atoms with E-state index in [1.165, 1.54) is 18.1 Å². The third kappa shape index (κ3) is 3.01. The van der Waals surface area contributed by atoms with Crippen molar-refractivity contribution in [2.24, 2.45) is 0 Å². The Morgan fingerprint density at radius 2 is 2.16 bits per heavy atom. The van der Waals surface area contributed by atoms with Gasteiger partial charge in [0.05, 0.1) is 20.8 Å². The van der Waals surface area contributed by atoms with Crippen LogP contribution in [-0.4, -0.2) is 35.0 Å². The number of hydrogen-bond donors (Lipinski definition) is 1. The summed E-state index contributed by atoms with van der Waals surface area (Å²) in [6, 6.07) is 5.38. The highest BCUT2D eigenvalue weighted by molar-refractivity contribution is 5.84. The van der Waals surface area contributed by atoms with Gasteiger partial charge in [-0.05, 0) is 17.7 Å². The van der Waals surface area contributed by atoms with Gasteiger partial charge in [0.25, 0.3) is 5.82 Å². The average Bonchev–Trinajstić information content (AvgIpc) is 2.85. The average molecular weight is 262 g/mol. The molecule has 0 saturated carbocycles. The van der Waals surface area contributed by atoms with Crippen molar-refractivity contribution < 1.29 is 14.3 Å². The van der Waals surface area contributed by atoms with Crippen molar-refractivity contribution >= 4 is 11.7 Å². The van der Waals surface area contributed by atoms with E-state index < -0.39 is 5.97 Å². The number of rotatable bonds is 4. The molecule has 0 atom stereocenters. The van der Waals surface area contributed by atoms with Gasteiger partial charge in [-0.3, -0.25) is 0 Å². The Labute approximate surface area is 110 Å². The Hall–Kier alpha value is -2.57. The molecular weight excluding hydrogens is 248 g/mol. The molecule has 100 valence electrons. The summed E-state index contributed by atoms with van der Waals surface area (Å²) in [6.07, 6.45) is 1.46. The molecule has 0 spiro atoms. The van der Waals surface area contributed by atoms with Gasteiger partial charge in [-0.15, -0.1) is 5.10 Å². The van der Waals surface area contributed by atoms with Crippen LogP contribution in [0.25, 0.3) is 0 Å². The molecule has 0 radical (unpaired) electrons. The molecule has 0 aliphatic carbocycles. The minimum absolute atomic E-state index is 0.0263. The molecule has 2 rings (SSSR count). The maximum absolute atomic E-state index is 11.2. The molecule has 7 nitrogen and oxygen atoms in total. The number of anilines is 1. The summed E-state index contributed by atoms with van der Waals surface area (Å²) in [5, 5.41) is 4.01. The fourth-order valence-corrected chi connectivity index (χ4v) is 1.64. The Balaban J connectivity index is 2.19. The standard InChI is InChI=1S/C12H14N4O3/c1-18-10-4-8(3-9(13)5-10)6-16-7-14-11(15-16)12(17)19-2/h3-5,7H,6,13H2,1-2H3. The number of nitrogen functional groups attached to an aromatic ring is 1. The number of carbonyl (C=O) groups excluding carboxylic acids is 1. The lowest BCUT2D eigenvalue weighted by molar-refractivity contribution is 0.0586. The first-order chi connectivity index (χ1) is 9.12. The SMILES string of the molecule is COC(=O)c1ncn(Cc2cc(N)cc(OC)c2)n1. The monoisotopic (exact) mass is 262 g/mol. The zero-order chi connectivity index (χ0) is 13.8. The maximum atomic E-state index is 11.2. The van der Waals surface area contributed by atoms with Gasteiger partial charge in [-0.1, -0.05) is 0 Å². The van der Waals surface area contributed by atoms with Gasteiger partial charge in [-0.2, -0.15) is 0 Å². The molecule has 0 saturated heterocycles. The number of aromatic nitrogens is 3. The summed E-state index contributed by atoms with van der Waals surface area (Å²) in [7, 11) is 2.86. The van der Waals surface area contributed by atoms with Crippen molar-refractivity contribution in [2.45, 2.75) is 6.54 Å². The van der Waals surface area contributed by atoms with E-state index in [1.807, 2.05) is 12.1 Å². The summed E-state index contributed by atoms with van der Waals surface area (Å²) >= 11 is 0. The van der Waals surface area contributed by atoms with Gasteiger partial charge in [0, 0.05) is 11.8 Å². The Kier molecular flexibility index (Phi) is 3.65. The van der Waals surface area contributed by atoms with Gasteiger partial charge < -0.3 is 15.2 Å². The number of nitrogens with two attached hydrogens (primary N) is 1. The van der Waals surface area contributed by atoms with Crippen LogP contribution in [0.4, 0.5) is 5.69 Å². The molecule has 0 aliphatic heterocycles. The summed E-state index contributed by atoms with van der Waals surface area (Å²) in [4.78, 5) is 15.1. The lowest BCUT2D eigenvalue weighted by Gasteiger charge is -2.06. The third-order valence-corrected chi connectivity index (χ3v) is 2.47. The minimum Gasteiger partial charge on any atom is -0.497 e. The molecule has 1 aromatic heterocycles. The molecule has 0 bridgehead atoms. The molecule has 7 heteroatoms. The number of nitrogens with zero attached hydrogens (tertiary/aromatic N) is 3. The van der Waals surface area contributed by atoms with E-state index >= 15 is 0 Å². The van der Waals surface area contributed by atoms with E-state index in [0.29, 0.717) is 18.0 Å². The highest BCUT2D eigenvalue weighted by Gasteiger charge is 2.11. The first-order valence-corrected chi connectivity index (χ1v) is 5.53. The van der Waals surface area contributed by atoms with E-state index in [2.05, 4.69) is 14.8 Å². The largest absolute Gasteiger partial charge is 0.497 e. The van der Waals surface area contributed by atoms with Crippen LogP contribution >= 0.6 is 0 Å². The molecule has 2 N–H and O–H groups in total. The molecule has 0 fully saturated rings. The summed E-state index contributed by atoms with van der Waals surface area (Å²) in [5.41, 5.74) is 7.26. The molecule has 0 unspecified atom stereocenters. The fraction of sp³-hybridized carbons (Fsp3) is 0.250. The van der Waals surface area contributed by atoms with Crippen LogP contribution in [-0.2, 0) is 11.3 Å². The zero-order valence-corrected chi connectivity index (χ0v) is 10.7. The predicted molar refractivity (Wildman–Crippen MR) is 67.9 cm³/mol. The zero-order valence-electron chi connectivity index (χ0n) is 10.7. The number of benzene rings is 1. The first-order valence-electron chi connectivity index (χ1n) is 5.53. The highest BCUT2D eigenvalue weighted by atomic mass is 16.5. The number of carbonyl (C=O) groups is 1. The Morgan fingerprint density at radius 1 is 1.37 bits per heavy atom. The van der Waals surface area contributed by atoms with Crippen molar-refractivity contribution in [2.75, 3.05) is 20.0 Å². The lowest BCUT2D eigenvalue weighted by atomic mass is 10.2. The van der Waals surface area contributed by atoms with E-state index in [-0.39, 0.29) is 5.82 Å². The van der Waals surface area contributed by atoms with E-state index in [9.17, 15) is 4.79 Å². The van der Waals surface area contributed by atoms with Crippen LogP contribution in [0.5, 0.6) is 5.75 Å². The van der Waals surface area contributed by atoms with Gasteiger partial charge >= 0.3 is 5.97 Å².